The maximum Gasteiger partial charge on any atom is 0.417 e. The largest absolute Gasteiger partial charge is 0.417 e. The monoisotopic (exact) mass is 402 g/mol. The summed E-state index contributed by atoms with van der Waals surface area (Å²) in [7, 11) is 1.69. The zero-order valence-electron chi connectivity index (χ0n) is 16.2. The lowest BCUT2D eigenvalue weighted by molar-refractivity contribution is -0.137. The van der Waals surface area contributed by atoms with E-state index in [0.717, 1.165) is 31.7 Å². The number of carbonyl (C=O) groups is 1. The number of aromatic nitrogens is 2. The summed E-state index contributed by atoms with van der Waals surface area (Å²) in [6.45, 7) is 2.05. The van der Waals surface area contributed by atoms with Crippen molar-refractivity contribution >= 4 is 17.4 Å². The number of carbonyl (C=O) groups excluding carboxylic acids is 1. The van der Waals surface area contributed by atoms with Gasteiger partial charge in [0.05, 0.1) is 11.8 Å². The quantitative estimate of drug-likeness (QED) is 0.753. The number of amides is 1. The summed E-state index contributed by atoms with van der Waals surface area (Å²) in [5, 5.41) is 0. The first-order chi connectivity index (χ1) is 13.7. The van der Waals surface area contributed by atoms with Gasteiger partial charge in [-0.1, -0.05) is 25.1 Å². The molecule has 29 heavy (non-hydrogen) atoms. The van der Waals surface area contributed by atoms with Crippen molar-refractivity contribution in [1.29, 1.82) is 0 Å². The number of fused-ring (bicyclic) bond motifs is 1. The van der Waals surface area contributed by atoms with Crippen molar-refractivity contribution in [3.63, 3.8) is 0 Å². The Morgan fingerprint density at radius 3 is 2.48 bits per heavy atom. The second-order valence-corrected chi connectivity index (χ2v) is 8.29. The summed E-state index contributed by atoms with van der Waals surface area (Å²) >= 11 is 0. The molecule has 1 amide bonds. The lowest BCUT2D eigenvalue weighted by Gasteiger charge is -2.48. The lowest BCUT2D eigenvalue weighted by Crippen LogP contribution is -2.60. The molecule has 152 valence electrons. The Morgan fingerprint density at radius 1 is 1.21 bits per heavy atom. The average Bonchev–Trinajstić information content (AvgIpc) is 3.32. The number of hydrogen-bond donors (Lipinski definition) is 0. The predicted octanol–water partition coefficient (Wildman–Crippen LogP) is 4.28. The second kappa shape index (κ2) is 5.93. The van der Waals surface area contributed by atoms with Gasteiger partial charge in [-0.05, 0) is 37.7 Å². The zero-order valence-corrected chi connectivity index (χ0v) is 16.2. The summed E-state index contributed by atoms with van der Waals surface area (Å²) < 4.78 is 40.6. The number of anilines is 2. The SMILES string of the molecule is C[C@@H]1CC12C(=O)N(C)c1cnc(-c3ccccc3C(F)(F)F)nc1N2C1CCC1. The lowest BCUT2D eigenvalue weighted by atomic mass is 9.88. The van der Waals surface area contributed by atoms with E-state index in [2.05, 4.69) is 14.9 Å². The fourth-order valence-electron chi connectivity index (χ4n) is 4.71. The van der Waals surface area contributed by atoms with Crippen LogP contribution in [0.25, 0.3) is 11.4 Å². The van der Waals surface area contributed by atoms with Crippen molar-refractivity contribution < 1.29 is 18.0 Å². The van der Waals surface area contributed by atoms with E-state index >= 15 is 0 Å². The fraction of sp³-hybridized carbons (Fsp3) is 0.476. The first-order valence-electron chi connectivity index (χ1n) is 9.86. The van der Waals surface area contributed by atoms with E-state index in [1.54, 1.807) is 18.0 Å². The molecule has 2 aliphatic carbocycles. The highest BCUT2D eigenvalue weighted by Gasteiger charge is 2.67. The molecule has 8 heteroatoms. The third-order valence-corrected chi connectivity index (χ3v) is 6.63. The molecule has 0 saturated heterocycles. The zero-order chi connectivity index (χ0) is 20.6. The summed E-state index contributed by atoms with van der Waals surface area (Å²) in [4.78, 5) is 25.7. The average molecular weight is 402 g/mol. The minimum Gasteiger partial charge on any atom is -0.337 e. The Morgan fingerprint density at radius 2 is 1.90 bits per heavy atom. The Kier molecular flexibility index (Phi) is 3.76. The molecular formula is C21H21F3N4O. The highest BCUT2D eigenvalue weighted by Crippen LogP contribution is 2.57. The van der Waals surface area contributed by atoms with Crippen molar-refractivity contribution in [3.05, 3.63) is 36.0 Å². The van der Waals surface area contributed by atoms with Crippen molar-refractivity contribution in [1.82, 2.24) is 9.97 Å². The molecule has 0 radical (unpaired) electrons. The summed E-state index contributed by atoms with van der Waals surface area (Å²) in [5.41, 5.74) is -0.874. The van der Waals surface area contributed by atoms with Gasteiger partial charge in [0.25, 0.3) is 5.91 Å². The van der Waals surface area contributed by atoms with Gasteiger partial charge in [0.2, 0.25) is 0 Å². The van der Waals surface area contributed by atoms with Crippen LogP contribution in [0.3, 0.4) is 0 Å². The van der Waals surface area contributed by atoms with Crippen molar-refractivity contribution in [2.75, 3.05) is 16.8 Å². The highest BCUT2D eigenvalue weighted by molar-refractivity contribution is 6.10. The van der Waals surface area contributed by atoms with Crippen LogP contribution in [0.2, 0.25) is 0 Å². The van der Waals surface area contributed by atoms with Gasteiger partial charge in [-0.25, -0.2) is 9.97 Å². The first kappa shape index (κ1) is 18.4. The van der Waals surface area contributed by atoms with Crippen LogP contribution in [0.5, 0.6) is 0 Å². The number of hydrogen-bond acceptors (Lipinski definition) is 4. The van der Waals surface area contributed by atoms with E-state index in [0.29, 0.717) is 11.5 Å². The third kappa shape index (κ3) is 2.50. The fourth-order valence-corrected chi connectivity index (χ4v) is 4.71. The van der Waals surface area contributed by atoms with Gasteiger partial charge in [0.1, 0.15) is 11.2 Å². The van der Waals surface area contributed by atoms with Crippen LogP contribution in [-0.4, -0.2) is 34.5 Å². The first-order valence-corrected chi connectivity index (χ1v) is 9.86. The van der Waals surface area contributed by atoms with Crippen molar-refractivity contribution in [2.45, 2.75) is 50.4 Å². The molecule has 2 heterocycles. The van der Waals surface area contributed by atoms with Gasteiger partial charge < -0.3 is 9.80 Å². The van der Waals surface area contributed by atoms with Crippen LogP contribution in [0.1, 0.15) is 38.2 Å². The van der Waals surface area contributed by atoms with Crippen LogP contribution < -0.4 is 9.80 Å². The molecular weight excluding hydrogens is 381 g/mol. The van der Waals surface area contributed by atoms with Gasteiger partial charge in [-0.15, -0.1) is 0 Å². The third-order valence-electron chi connectivity index (χ3n) is 6.63. The summed E-state index contributed by atoms with van der Waals surface area (Å²) in [6.07, 6.45) is 0.730. The number of halogens is 3. The molecule has 1 aliphatic heterocycles. The van der Waals surface area contributed by atoms with Gasteiger partial charge in [-0.3, -0.25) is 4.79 Å². The van der Waals surface area contributed by atoms with Gasteiger partial charge in [-0.2, -0.15) is 13.2 Å². The highest BCUT2D eigenvalue weighted by atomic mass is 19.4. The number of nitrogens with zero attached hydrogens (tertiary/aromatic N) is 4. The predicted molar refractivity (Wildman–Crippen MR) is 103 cm³/mol. The number of alkyl halides is 3. The molecule has 2 saturated carbocycles. The van der Waals surface area contributed by atoms with Crippen LogP contribution in [0, 0.1) is 5.92 Å². The molecule has 2 atom stereocenters. The normalized spacial score (nSPS) is 26.5. The minimum atomic E-state index is -4.50. The van der Waals surface area contributed by atoms with Crippen molar-refractivity contribution in [3.8, 4) is 11.4 Å². The molecule has 2 fully saturated rings. The van der Waals surface area contributed by atoms with E-state index in [4.69, 9.17) is 0 Å². The van der Waals surface area contributed by atoms with Gasteiger partial charge >= 0.3 is 6.18 Å². The van der Waals surface area contributed by atoms with Crippen LogP contribution in [0.15, 0.2) is 30.5 Å². The minimum absolute atomic E-state index is 0.0245. The molecule has 1 unspecified atom stereocenters. The Hall–Kier alpha value is -2.64. The van der Waals surface area contributed by atoms with Gasteiger partial charge in [0.15, 0.2) is 11.6 Å². The molecule has 1 aromatic carbocycles. The molecule has 1 spiro atoms. The molecule has 2 aromatic rings. The smallest absolute Gasteiger partial charge is 0.337 e. The van der Waals surface area contributed by atoms with Crippen LogP contribution in [0.4, 0.5) is 24.7 Å². The summed E-state index contributed by atoms with van der Waals surface area (Å²) in [6, 6.07) is 5.54. The summed E-state index contributed by atoms with van der Waals surface area (Å²) in [5.74, 6) is 0.818. The number of rotatable bonds is 2. The molecule has 1 aromatic heterocycles. The van der Waals surface area contributed by atoms with Crippen molar-refractivity contribution in [2.24, 2.45) is 5.92 Å². The maximum absolute atomic E-state index is 13.5. The van der Waals surface area contributed by atoms with E-state index in [1.165, 1.54) is 18.3 Å². The standard InChI is InChI=1S/C21H21F3N4O/c1-12-10-20(12)19(29)27(2)16-11-25-17(26-18(16)28(20)13-6-5-7-13)14-8-3-4-9-15(14)21(22,23)24/h3-4,8-9,11-13H,5-7,10H2,1-2H3/t12-,20?/m1/s1. The number of benzene rings is 1. The topological polar surface area (TPSA) is 49.3 Å². The maximum atomic E-state index is 13.5. The molecule has 3 aliphatic rings. The van der Waals surface area contributed by atoms with E-state index in [1.807, 2.05) is 6.92 Å². The van der Waals surface area contributed by atoms with E-state index in [-0.39, 0.29) is 29.3 Å². The Balaban J connectivity index is 1.68. The molecule has 5 nitrogen and oxygen atoms in total. The second-order valence-electron chi connectivity index (χ2n) is 8.29. The van der Waals surface area contributed by atoms with E-state index in [9.17, 15) is 18.0 Å². The van der Waals surface area contributed by atoms with E-state index < -0.39 is 17.3 Å². The van der Waals surface area contributed by atoms with Crippen LogP contribution >= 0.6 is 0 Å². The number of likely N-dealkylation sites (N-methyl/N-ethyl adjacent to an activating group) is 1. The molecule has 0 bridgehead atoms. The molecule has 5 rings (SSSR count). The molecule has 0 N–H and O–H groups in total. The van der Waals surface area contributed by atoms with Gasteiger partial charge in [0, 0.05) is 18.7 Å². The van der Waals surface area contributed by atoms with Crippen LogP contribution in [-0.2, 0) is 11.0 Å². The Labute approximate surface area is 166 Å². The Bertz CT molecular complexity index is 1000.